The minimum Gasteiger partial charge on any atom is -0.497 e. The Labute approximate surface area is 191 Å². The van der Waals surface area contributed by atoms with Crippen molar-refractivity contribution in [3.63, 3.8) is 0 Å². The number of aromatic nitrogens is 3. The van der Waals surface area contributed by atoms with Crippen LogP contribution in [0.4, 0.5) is 5.69 Å². The summed E-state index contributed by atoms with van der Waals surface area (Å²) in [6, 6.07) is 15.2. The number of thioether (sulfide) groups is 1. The summed E-state index contributed by atoms with van der Waals surface area (Å²) in [4.78, 5) is 24.5. The number of methoxy groups -OCH3 is 1. The predicted octanol–water partition coefficient (Wildman–Crippen LogP) is 2.98. The summed E-state index contributed by atoms with van der Waals surface area (Å²) in [5.41, 5.74) is 2.89. The summed E-state index contributed by atoms with van der Waals surface area (Å²) >= 11 is 1.30. The van der Waals surface area contributed by atoms with E-state index in [2.05, 4.69) is 27.8 Å². The fraction of sp³-hybridized carbons (Fsp3) is 0.304. The first kappa shape index (κ1) is 23.3. The van der Waals surface area contributed by atoms with Crippen molar-refractivity contribution >= 4 is 29.3 Å². The summed E-state index contributed by atoms with van der Waals surface area (Å²) < 4.78 is 6.90. The van der Waals surface area contributed by atoms with Crippen LogP contribution in [0.1, 0.15) is 23.9 Å². The Morgan fingerprint density at radius 3 is 2.34 bits per heavy atom. The van der Waals surface area contributed by atoms with Crippen LogP contribution in [0.25, 0.3) is 0 Å². The monoisotopic (exact) mass is 453 g/mol. The maximum atomic E-state index is 12.2. The number of ether oxygens (including phenoxy) is 1. The van der Waals surface area contributed by atoms with E-state index in [-0.39, 0.29) is 30.5 Å². The number of amides is 2. The van der Waals surface area contributed by atoms with Crippen molar-refractivity contribution in [2.24, 2.45) is 7.05 Å². The van der Waals surface area contributed by atoms with Crippen LogP contribution < -0.4 is 15.4 Å². The Kier molecular flexibility index (Phi) is 8.27. The number of hydrogen-bond donors (Lipinski definition) is 2. The lowest BCUT2D eigenvalue weighted by molar-refractivity contribution is -0.120. The molecular formula is C23H27N5O3S. The molecule has 0 aliphatic heterocycles. The lowest BCUT2D eigenvalue weighted by atomic mass is 10.1. The first-order valence-corrected chi connectivity index (χ1v) is 11.3. The van der Waals surface area contributed by atoms with Crippen molar-refractivity contribution in [3.05, 3.63) is 65.5 Å². The van der Waals surface area contributed by atoms with Gasteiger partial charge < -0.3 is 19.9 Å². The molecule has 32 heavy (non-hydrogen) atoms. The van der Waals surface area contributed by atoms with Crippen molar-refractivity contribution in [1.82, 2.24) is 20.1 Å². The maximum absolute atomic E-state index is 12.2. The first-order valence-electron chi connectivity index (χ1n) is 10.3. The normalized spacial score (nSPS) is 10.6. The molecule has 0 bridgehead atoms. The van der Waals surface area contributed by atoms with Crippen LogP contribution in [0.3, 0.4) is 0 Å². The number of carbonyl (C=O) groups excluding carboxylic acids is 2. The molecule has 2 aromatic carbocycles. The molecule has 2 N–H and O–H groups in total. The molecule has 1 heterocycles. The highest BCUT2D eigenvalue weighted by Crippen LogP contribution is 2.17. The molecule has 1 aromatic heterocycles. The number of nitrogens with zero attached hydrogens (tertiary/aromatic N) is 3. The van der Waals surface area contributed by atoms with Gasteiger partial charge in [-0.15, -0.1) is 10.2 Å². The Morgan fingerprint density at radius 1 is 1.00 bits per heavy atom. The molecule has 0 radical (unpaired) electrons. The summed E-state index contributed by atoms with van der Waals surface area (Å²) in [6.45, 7) is 2.35. The van der Waals surface area contributed by atoms with Gasteiger partial charge in [0, 0.05) is 12.7 Å². The molecule has 0 aliphatic carbocycles. The van der Waals surface area contributed by atoms with Crippen LogP contribution in [0.2, 0.25) is 0 Å². The Balaban J connectivity index is 1.45. The third-order valence-corrected chi connectivity index (χ3v) is 5.89. The van der Waals surface area contributed by atoms with Gasteiger partial charge in [-0.3, -0.25) is 9.59 Å². The SMILES string of the molecule is CCc1ccc(NC(=O)CSc2nnc(CNC(=O)Cc3ccc(OC)cc3)n2C)cc1. The second kappa shape index (κ2) is 11.3. The summed E-state index contributed by atoms with van der Waals surface area (Å²) in [7, 11) is 3.42. The Morgan fingerprint density at radius 2 is 1.69 bits per heavy atom. The van der Waals surface area contributed by atoms with Gasteiger partial charge in [-0.2, -0.15) is 0 Å². The van der Waals surface area contributed by atoms with E-state index >= 15 is 0 Å². The van der Waals surface area contributed by atoms with Gasteiger partial charge in [-0.25, -0.2) is 0 Å². The summed E-state index contributed by atoms with van der Waals surface area (Å²) in [5, 5.41) is 14.6. The van der Waals surface area contributed by atoms with E-state index in [1.54, 1.807) is 11.7 Å². The molecule has 0 atom stereocenters. The van der Waals surface area contributed by atoms with Gasteiger partial charge in [0.05, 0.1) is 25.8 Å². The molecule has 2 amide bonds. The highest BCUT2D eigenvalue weighted by molar-refractivity contribution is 7.99. The van der Waals surface area contributed by atoms with Crippen LogP contribution >= 0.6 is 11.8 Å². The van der Waals surface area contributed by atoms with Crippen molar-refractivity contribution in [2.45, 2.75) is 31.5 Å². The highest BCUT2D eigenvalue weighted by atomic mass is 32.2. The lowest BCUT2D eigenvalue weighted by Crippen LogP contribution is -2.26. The zero-order chi connectivity index (χ0) is 22.9. The van der Waals surface area contributed by atoms with Gasteiger partial charge >= 0.3 is 0 Å². The molecule has 0 saturated carbocycles. The summed E-state index contributed by atoms with van der Waals surface area (Å²) in [5.74, 6) is 1.36. The van der Waals surface area contributed by atoms with Crippen LogP contribution in [0.15, 0.2) is 53.7 Å². The Bertz CT molecular complexity index is 965. The largest absolute Gasteiger partial charge is 0.497 e. The van der Waals surface area contributed by atoms with Gasteiger partial charge in [-0.1, -0.05) is 43.0 Å². The standard InChI is InChI=1S/C23H27N5O3S/c1-4-16-5-9-18(10-6-16)25-22(30)15-32-23-27-26-20(28(23)2)14-24-21(29)13-17-7-11-19(31-3)12-8-17/h5-12H,4,13-15H2,1-3H3,(H,24,29)(H,25,30). The summed E-state index contributed by atoms with van der Waals surface area (Å²) in [6.07, 6.45) is 1.23. The fourth-order valence-electron chi connectivity index (χ4n) is 2.94. The molecule has 0 saturated heterocycles. The zero-order valence-electron chi connectivity index (χ0n) is 18.4. The molecule has 0 aliphatic rings. The van der Waals surface area contributed by atoms with E-state index in [1.807, 2.05) is 55.6 Å². The fourth-order valence-corrected chi connectivity index (χ4v) is 3.67. The second-order valence-electron chi connectivity index (χ2n) is 7.15. The van der Waals surface area contributed by atoms with E-state index < -0.39 is 0 Å². The molecule has 3 rings (SSSR count). The van der Waals surface area contributed by atoms with Crippen LogP contribution in [-0.2, 0) is 36.0 Å². The third kappa shape index (κ3) is 6.58. The predicted molar refractivity (Wildman–Crippen MR) is 125 cm³/mol. The first-order chi connectivity index (χ1) is 15.5. The smallest absolute Gasteiger partial charge is 0.234 e. The molecule has 168 valence electrons. The van der Waals surface area contributed by atoms with E-state index in [0.29, 0.717) is 11.0 Å². The van der Waals surface area contributed by atoms with E-state index in [1.165, 1.54) is 17.3 Å². The van der Waals surface area contributed by atoms with E-state index in [9.17, 15) is 9.59 Å². The van der Waals surface area contributed by atoms with Gasteiger partial charge in [-0.05, 0) is 41.8 Å². The van der Waals surface area contributed by atoms with E-state index in [4.69, 9.17) is 4.74 Å². The molecular weight excluding hydrogens is 426 g/mol. The number of anilines is 1. The molecule has 0 unspecified atom stereocenters. The van der Waals surface area contributed by atoms with Crippen molar-refractivity contribution < 1.29 is 14.3 Å². The van der Waals surface area contributed by atoms with Crippen LogP contribution in [-0.4, -0.2) is 39.4 Å². The third-order valence-electron chi connectivity index (χ3n) is 4.87. The topological polar surface area (TPSA) is 98.1 Å². The maximum Gasteiger partial charge on any atom is 0.234 e. The lowest BCUT2D eigenvalue weighted by Gasteiger charge is -2.07. The van der Waals surface area contributed by atoms with Gasteiger partial charge in [0.15, 0.2) is 11.0 Å². The number of nitrogens with one attached hydrogen (secondary N) is 2. The average Bonchev–Trinajstić information content (AvgIpc) is 3.16. The van der Waals surface area contributed by atoms with Crippen molar-refractivity contribution in [2.75, 3.05) is 18.2 Å². The van der Waals surface area contributed by atoms with Gasteiger partial charge in [0.1, 0.15) is 5.75 Å². The van der Waals surface area contributed by atoms with Gasteiger partial charge in [0.25, 0.3) is 0 Å². The Hall–Kier alpha value is -3.33. The molecule has 3 aromatic rings. The molecule has 0 spiro atoms. The van der Waals surface area contributed by atoms with Crippen LogP contribution in [0, 0.1) is 0 Å². The van der Waals surface area contributed by atoms with Crippen LogP contribution in [0.5, 0.6) is 5.75 Å². The van der Waals surface area contributed by atoms with Crippen molar-refractivity contribution in [1.29, 1.82) is 0 Å². The number of hydrogen-bond acceptors (Lipinski definition) is 6. The second-order valence-corrected chi connectivity index (χ2v) is 8.09. The quantitative estimate of drug-likeness (QED) is 0.458. The van der Waals surface area contributed by atoms with Gasteiger partial charge in [0.2, 0.25) is 11.8 Å². The minimum absolute atomic E-state index is 0.110. The minimum atomic E-state index is -0.114. The number of rotatable bonds is 10. The average molecular weight is 454 g/mol. The molecule has 0 fully saturated rings. The molecule has 8 nitrogen and oxygen atoms in total. The van der Waals surface area contributed by atoms with E-state index in [0.717, 1.165) is 23.4 Å². The number of aryl methyl sites for hydroxylation is 1. The van der Waals surface area contributed by atoms with Crippen molar-refractivity contribution in [3.8, 4) is 5.75 Å². The number of benzene rings is 2. The highest BCUT2D eigenvalue weighted by Gasteiger charge is 2.13. The molecule has 9 heteroatoms. The zero-order valence-corrected chi connectivity index (χ0v) is 19.2. The number of carbonyl (C=O) groups is 2.